The monoisotopic (exact) mass is 316 g/mol. The van der Waals surface area contributed by atoms with Crippen LogP contribution in [0.2, 0.25) is 0 Å². The Hall–Kier alpha value is -1.55. The maximum Gasteiger partial charge on any atom is 0.317 e. The molecule has 2 aliphatic carbocycles. The number of rotatable bonds is 7. The molecule has 2 aliphatic rings. The number of carbonyl (C=O) groups excluding carboxylic acids is 1. The molecular weight excluding hydrogens is 288 g/mol. The van der Waals surface area contributed by atoms with Gasteiger partial charge in [-0.3, -0.25) is 0 Å². The van der Waals surface area contributed by atoms with E-state index in [1.807, 2.05) is 18.2 Å². The SMILES string of the molecule is CN(CC(O)C1CC1)C(=O)NC(CC1CCC1)c1ccccc1. The van der Waals surface area contributed by atoms with Gasteiger partial charge in [0.1, 0.15) is 0 Å². The minimum Gasteiger partial charge on any atom is -0.391 e. The van der Waals surface area contributed by atoms with Crippen LogP contribution in [0.25, 0.3) is 0 Å². The highest BCUT2D eigenvalue weighted by molar-refractivity contribution is 5.74. The van der Waals surface area contributed by atoms with Crippen LogP contribution in [0.15, 0.2) is 30.3 Å². The molecule has 4 nitrogen and oxygen atoms in total. The summed E-state index contributed by atoms with van der Waals surface area (Å²) in [6.45, 7) is 0.418. The Balaban J connectivity index is 1.58. The van der Waals surface area contributed by atoms with Crippen LogP contribution in [-0.4, -0.2) is 35.7 Å². The Morgan fingerprint density at radius 1 is 1.26 bits per heavy atom. The normalized spacial score (nSPS) is 20.4. The highest BCUT2D eigenvalue weighted by Gasteiger charge is 2.31. The van der Waals surface area contributed by atoms with Crippen LogP contribution >= 0.6 is 0 Å². The summed E-state index contributed by atoms with van der Waals surface area (Å²) in [5, 5.41) is 13.2. The smallest absolute Gasteiger partial charge is 0.317 e. The van der Waals surface area contributed by atoms with Gasteiger partial charge in [-0.25, -0.2) is 4.79 Å². The van der Waals surface area contributed by atoms with Gasteiger partial charge in [0, 0.05) is 13.6 Å². The number of benzene rings is 1. The van der Waals surface area contributed by atoms with Crippen molar-refractivity contribution in [3.8, 4) is 0 Å². The predicted octanol–water partition coefficient (Wildman–Crippen LogP) is 3.33. The van der Waals surface area contributed by atoms with Crippen LogP contribution in [-0.2, 0) is 0 Å². The van der Waals surface area contributed by atoms with Gasteiger partial charge in [-0.2, -0.15) is 0 Å². The Kier molecular flexibility index (Phi) is 5.21. The van der Waals surface area contributed by atoms with Crippen LogP contribution in [0.1, 0.15) is 50.1 Å². The van der Waals surface area contributed by atoms with E-state index in [1.54, 1.807) is 11.9 Å². The van der Waals surface area contributed by atoms with Crippen molar-refractivity contribution in [2.75, 3.05) is 13.6 Å². The maximum absolute atomic E-state index is 12.5. The molecule has 0 aromatic heterocycles. The zero-order valence-electron chi connectivity index (χ0n) is 13.9. The van der Waals surface area contributed by atoms with E-state index in [0.29, 0.717) is 12.5 Å². The van der Waals surface area contributed by atoms with Crippen molar-refractivity contribution >= 4 is 6.03 Å². The maximum atomic E-state index is 12.5. The van der Waals surface area contributed by atoms with E-state index in [1.165, 1.54) is 24.8 Å². The van der Waals surface area contributed by atoms with Gasteiger partial charge in [-0.1, -0.05) is 49.6 Å². The lowest BCUT2D eigenvalue weighted by atomic mass is 9.79. The number of carbonyl (C=O) groups is 1. The van der Waals surface area contributed by atoms with E-state index < -0.39 is 0 Å². The average molecular weight is 316 g/mol. The number of hydrogen-bond donors (Lipinski definition) is 2. The lowest BCUT2D eigenvalue weighted by Gasteiger charge is -2.31. The van der Waals surface area contributed by atoms with E-state index in [4.69, 9.17) is 0 Å². The lowest BCUT2D eigenvalue weighted by Crippen LogP contribution is -2.43. The third-order valence-corrected chi connectivity index (χ3v) is 5.27. The molecule has 0 heterocycles. The summed E-state index contributed by atoms with van der Waals surface area (Å²) in [6.07, 6.45) is 6.66. The molecule has 4 heteroatoms. The van der Waals surface area contributed by atoms with Crippen molar-refractivity contribution < 1.29 is 9.90 Å². The van der Waals surface area contributed by atoms with E-state index in [-0.39, 0.29) is 18.2 Å². The zero-order valence-corrected chi connectivity index (χ0v) is 13.9. The van der Waals surface area contributed by atoms with Gasteiger partial charge in [0.15, 0.2) is 0 Å². The quantitative estimate of drug-likeness (QED) is 0.810. The van der Waals surface area contributed by atoms with Crippen molar-refractivity contribution in [1.29, 1.82) is 0 Å². The average Bonchev–Trinajstić information content (AvgIpc) is 3.35. The molecule has 2 unspecified atom stereocenters. The van der Waals surface area contributed by atoms with E-state index in [2.05, 4.69) is 17.4 Å². The summed E-state index contributed by atoms with van der Waals surface area (Å²) in [4.78, 5) is 14.1. The number of aliphatic hydroxyl groups excluding tert-OH is 1. The molecule has 0 bridgehead atoms. The van der Waals surface area contributed by atoms with Gasteiger partial charge < -0.3 is 15.3 Å². The zero-order chi connectivity index (χ0) is 16.2. The molecule has 0 saturated heterocycles. The number of nitrogens with zero attached hydrogens (tertiary/aromatic N) is 1. The fourth-order valence-corrected chi connectivity index (χ4v) is 3.28. The van der Waals surface area contributed by atoms with Gasteiger partial charge in [0.2, 0.25) is 0 Å². The number of likely N-dealkylation sites (N-methyl/N-ethyl adjacent to an activating group) is 1. The molecular formula is C19H28N2O2. The van der Waals surface area contributed by atoms with Crippen molar-refractivity contribution in [2.45, 2.75) is 50.7 Å². The van der Waals surface area contributed by atoms with Crippen LogP contribution in [0.5, 0.6) is 0 Å². The number of aliphatic hydroxyl groups is 1. The minimum absolute atomic E-state index is 0.0644. The van der Waals surface area contributed by atoms with Gasteiger partial charge >= 0.3 is 6.03 Å². The lowest BCUT2D eigenvalue weighted by molar-refractivity contribution is 0.112. The molecule has 2 N–H and O–H groups in total. The Morgan fingerprint density at radius 2 is 1.96 bits per heavy atom. The first-order chi connectivity index (χ1) is 11.1. The molecule has 2 amide bonds. The molecule has 2 atom stereocenters. The third-order valence-electron chi connectivity index (χ3n) is 5.27. The van der Waals surface area contributed by atoms with E-state index in [9.17, 15) is 9.90 Å². The molecule has 126 valence electrons. The molecule has 1 aromatic rings. The standard InChI is InChI=1S/C19H28N2O2/c1-21(13-18(22)16-10-11-16)19(23)20-17(12-14-6-5-7-14)15-8-3-2-4-9-15/h2-4,8-9,14,16-18,22H,5-7,10-13H2,1H3,(H,20,23). The molecule has 2 fully saturated rings. The topological polar surface area (TPSA) is 52.6 Å². The van der Waals surface area contributed by atoms with E-state index >= 15 is 0 Å². The number of urea groups is 1. The molecule has 3 rings (SSSR count). The number of nitrogens with one attached hydrogen (secondary N) is 1. The highest BCUT2D eigenvalue weighted by Crippen LogP contribution is 2.35. The Morgan fingerprint density at radius 3 is 2.52 bits per heavy atom. The van der Waals surface area contributed by atoms with Gasteiger partial charge in [0.05, 0.1) is 12.1 Å². The summed E-state index contributed by atoms with van der Waals surface area (Å²) in [7, 11) is 1.77. The molecule has 0 spiro atoms. The highest BCUT2D eigenvalue weighted by atomic mass is 16.3. The second kappa shape index (κ2) is 7.35. The number of hydrogen-bond acceptors (Lipinski definition) is 2. The first-order valence-corrected chi connectivity index (χ1v) is 8.88. The first kappa shape index (κ1) is 16.3. The number of amides is 2. The third kappa shape index (κ3) is 4.47. The van der Waals surface area contributed by atoms with Crippen molar-refractivity contribution in [3.05, 3.63) is 35.9 Å². The van der Waals surface area contributed by atoms with Crippen LogP contribution in [0.4, 0.5) is 4.79 Å². The van der Waals surface area contributed by atoms with Crippen molar-refractivity contribution in [3.63, 3.8) is 0 Å². The van der Waals surface area contributed by atoms with Gasteiger partial charge in [-0.05, 0) is 36.7 Å². The molecule has 0 radical (unpaired) electrons. The van der Waals surface area contributed by atoms with Crippen LogP contribution < -0.4 is 5.32 Å². The van der Waals surface area contributed by atoms with Crippen molar-refractivity contribution in [1.82, 2.24) is 10.2 Å². The molecule has 2 saturated carbocycles. The Labute approximate surface area is 138 Å². The molecule has 0 aliphatic heterocycles. The van der Waals surface area contributed by atoms with E-state index in [0.717, 1.165) is 25.2 Å². The van der Waals surface area contributed by atoms with Gasteiger partial charge in [-0.15, -0.1) is 0 Å². The fraction of sp³-hybridized carbons (Fsp3) is 0.632. The summed E-state index contributed by atoms with van der Waals surface area (Å²) < 4.78 is 0. The minimum atomic E-state index is -0.382. The largest absolute Gasteiger partial charge is 0.391 e. The second-order valence-corrected chi connectivity index (χ2v) is 7.23. The van der Waals surface area contributed by atoms with Crippen LogP contribution in [0, 0.1) is 11.8 Å². The first-order valence-electron chi connectivity index (χ1n) is 8.88. The second-order valence-electron chi connectivity index (χ2n) is 7.23. The summed E-state index contributed by atoms with van der Waals surface area (Å²) in [5.41, 5.74) is 1.17. The van der Waals surface area contributed by atoms with Crippen molar-refractivity contribution in [2.24, 2.45) is 11.8 Å². The fourth-order valence-electron chi connectivity index (χ4n) is 3.28. The van der Waals surface area contributed by atoms with Gasteiger partial charge in [0.25, 0.3) is 0 Å². The summed E-state index contributed by atoms with van der Waals surface area (Å²) >= 11 is 0. The predicted molar refractivity (Wildman–Crippen MR) is 91.0 cm³/mol. The molecule has 23 heavy (non-hydrogen) atoms. The molecule has 1 aromatic carbocycles. The Bertz CT molecular complexity index is 511. The summed E-state index contributed by atoms with van der Waals surface area (Å²) in [6, 6.07) is 10.2. The summed E-state index contributed by atoms with van der Waals surface area (Å²) in [5.74, 6) is 1.12. The van der Waals surface area contributed by atoms with Crippen LogP contribution in [0.3, 0.4) is 0 Å².